The Morgan fingerprint density at radius 3 is 2.67 bits per heavy atom. The van der Waals surface area contributed by atoms with Crippen molar-refractivity contribution >= 4 is 0 Å². The van der Waals surface area contributed by atoms with E-state index in [1.165, 1.54) is 49.3 Å². The molecule has 3 heterocycles. The van der Waals surface area contributed by atoms with E-state index >= 15 is 0 Å². The van der Waals surface area contributed by atoms with Crippen LogP contribution in [-0.4, -0.2) is 60.1 Å². The molecule has 0 amide bonds. The lowest BCUT2D eigenvalue weighted by atomic mass is 10.0. The second-order valence-electron chi connectivity index (χ2n) is 6.90. The van der Waals surface area contributed by atoms with Crippen molar-refractivity contribution in [1.82, 2.24) is 20.1 Å². The van der Waals surface area contributed by atoms with Gasteiger partial charge in [-0.15, -0.1) is 0 Å². The van der Waals surface area contributed by atoms with Gasteiger partial charge in [-0.05, 0) is 41.3 Å². The first kappa shape index (κ1) is 15.8. The molecule has 2 fully saturated rings. The Kier molecular flexibility index (Phi) is 4.88. The van der Waals surface area contributed by atoms with Crippen LogP contribution >= 0.6 is 0 Å². The van der Waals surface area contributed by atoms with Crippen LogP contribution in [0, 0.1) is 0 Å². The fourth-order valence-corrected chi connectivity index (χ4v) is 3.95. The fraction of sp³-hybridized carbons (Fsp3) is 0.450. The highest BCUT2D eigenvalue weighted by atomic mass is 15.3. The number of nitrogens with one attached hydrogen (secondary N) is 1. The summed E-state index contributed by atoms with van der Waals surface area (Å²) in [7, 11) is 0. The third-order valence-corrected chi connectivity index (χ3v) is 5.26. The molecule has 2 aliphatic heterocycles. The topological polar surface area (TPSA) is 31.4 Å². The number of hydrogen-bond acceptors (Lipinski definition) is 4. The highest BCUT2D eigenvalue weighted by Crippen LogP contribution is 2.22. The molecule has 1 aromatic carbocycles. The third-order valence-electron chi connectivity index (χ3n) is 5.26. The van der Waals surface area contributed by atoms with E-state index in [2.05, 4.69) is 56.5 Å². The molecule has 0 radical (unpaired) electrons. The summed E-state index contributed by atoms with van der Waals surface area (Å²) in [6.07, 6.45) is 5.03. The number of aromatic nitrogens is 1. The lowest BCUT2D eigenvalue weighted by molar-refractivity contribution is 0.170. The van der Waals surface area contributed by atoms with Crippen LogP contribution in [-0.2, 0) is 6.54 Å². The Bertz CT molecular complexity index is 652. The van der Waals surface area contributed by atoms with E-state index in [4.69, 9.17) is 0 Å². The predicted octanol–water partition coefficient (Wildman–Crippen LogP) is 2.23. The molecule has 4 nitrogen and oxygen atoms in total. The normalized spacial score (nSPS) is 22.8. The number of likely N-dealkylation sites (tertiary alicyclic amines) is 1. The molecule has 2 saturated heterocycles. The van der Waals surface area contributed by atoms with E-state index < -0.39 is 0 Å². The summed E-state index contributed by atoms with van der Waals surface area (Å²) in [6.45, 7) is 8.18. The molecule has 0 saturated carbocycles. The van der Waals surface area contributed by atoms with Crippen molar-refractivity contribution in [3.8, 4) is 11.1 Å². The quantitative estimate of drug-likeness (QED) is 0.935. The summed E-state index contributed by atoms with van der Waals surface area (Å²) in [5.41, 5.74) is 3.94. The number of rotatable bonds is 4. The lowest BCUT2D eigenvalue weighted by Gasteiger charge is -2.32. The van der Waals surface area contributed by atoms with Crippen LogP contribution in [0.3, 0.4) is 0 Å². The zero-order valence-corrected chi connectivity index (χ0v) is 14.2. The summed E-state index contributed by atoms with van der Waals surface area (Å²) in [6, 6.07) is 13.8. The molecular formula is C20H26N4. The van der Waals surface area contributed by atoms with E-state index in [0.29, 0.717) is 0 Å². The zero-order valence-electron chi connectivity index (χ0n) is 14.2. The first-order chi connectivity index (χ1) is 11.9. The Labute approximate surface area is 144 Å². The van der Waals surface area contributed by atoms with Crippen molar-refractivity contribution in [2.24, 2.45) is 0 Å². The van der Waals surface area contributed by atoms with Gasteiger partial charge in [-0.25, -0.2) is 0 Å². The average Bonchev–Trinajstić information content (AvgIpc) is 3.12. The van der Waals surface area contributed by atoms with E-state index in [0.717, 1.165) is 25.7 Å². The second kappa shape index (κ2) is 7.43. The number of benzene rings is 1. The van der Waals surface area contributed by atoms with Crippen LogP contribution in [0.5, 0.6) is 0 Å². The summed E-state index contributed by atoms with van der Waals surface area (Å²) in [5.74, 6) is 0. The number of nitrogens with zero attached hydrogens (tertiary/aromatic N) is 3. The van der Waals surface area contributed by atoms with Crippen LogP contribution in [0.2, 0.25) is 0 Å². The monoisotopic (exact) mass is 322 g/mol. The van der Waals surface area contributed by atoms with Crippen LogP contribution in [0.15, 0.2) is 48.8 Å². The molecule has 24 heavy (non-hydrogen) atoms. The van der Waals surface area contributed by atoms with Gasteiger partial charge in [-0.1, -0.05) is 18.2 Å². The van der Waals surface area contributed by atoms with Crippen molar-refractivity contribution in [3.63, 3.8) is 0 Å². The Hall–Kier alpha value is -1.75. The molecule has 2 aromatic rings. The minimum absolute atomic E-state index is 0.746. The SMILES string of the molecule is c1cc(CN2CCC(N3CCNCC3)C2)cc(-c2ccncc2)c1. The molecule has 0 spiro atoms. The van der Waals surface area contributed by atoms with Crippen molar-refractivity contribution in [1.29, 1.82) is 0 Å². The van der Waals surface area contributed by atoms with Gasteiger partial charge in [0.1, 0.15) is 0 Å². The molecule has 4 heteroatoms. The van der Waals surface area contributed by atoms with Gasteiger partial charge in [0.2, 0.25) is 0 Å². The van der Waals surface area contributed by atoms with Gasteiger partial charge in [-0.2, -0.15) is 0 Å². The summed E-state index contributed by atoms with van der Waals surface area (Å²) in [5, 5.41) is 3.45. The Balaban J connectivity index is 1.39. The first-order valence-electron chi connectivity index (χ1n) is 9.05. The van der Waals surface area contributed by atoms with Crippen LogP contribution in [0.25, 0.3) is 11.1 Å². The number of pyridine rings is 1. The third kappa shape index (κ3) is 3.66. The number of piperazine rings is 1. The maximum absolute atomic E-state index is 4.11. The Morgan fingerprint density at radius 1 is 1.00 bits per heavy atom. The molecule has 0 aliphatic carbocycles. The van der Waals surface area contributed by atoms with Gasteiger partial charge in [0.25, 0.3) is 0 Å². The zero-order chi connectivity index (χ0) is 16.2. The van der Waals surface area contributed by atoms with Gasteiger partial charge in [-0.3, -0.25) is 14.8 Å². The maximum Gasteiger partial charge on any atom is 0.0273 e. The highest BCUT2D eigenvalue weighted by Gasteiger charge is 2.28. The smallest absolute Gasteiger partial charge is 0.0273 e. The standard InChI is InChI=1S/C20H26N4/c1-2-17(14-19(3-1)18-4-7-21-8-5-18)15-23-11-6-20(16-23)24-12-9-22-10-13-24/h1-5,7-8,14,20,22H,6,9-13,15-16H2. The van der Waals surface area contributed by atoms with Crippen molar-refractivity contribution in [3.05, 3.63) is 54.4 Å². The molecule has 0 bridgehead atoms. The largest absolute Gasteiger partial charge is 0.314 e. The average molecular weight is 322 g/mol. The van der Waals surface area contributed by atoms with Crippen molar-refractivity contribution in [2.45, 2.75) is 19.0 Å². The van der Waals surface area contributed by atoms with Crippen LogP contribution in [0.1, 0.15) is 12.0 Å². The van der Waals surface area contributed by atoms with Crippen LogP contribution in [0.4, 0.5) is 0 Å². The molecular weight excluding hydrogens is 296 g/mol. The maximum atomic E-state index is 4.11. The van der Waals surface area contributed by atoms with Crippen molar-refractivity contribution in [2.75, 3.05) is 39.3 Å². The van der Waals surface area contributed by atoms with E-state index in [9.17, 15) is 0 Å². The number of hydrogen-bond donors (Lipinski definition) is 1. The summed E-state index contributed by atoms with van der Waals surface area (Å²) in [4.78, 5) is 9.39. The molecule has 126 valence electrons. The Morgan fingerprint density at radius 2 is 1.83 bits per heavy atom. The molecule has 1 aromatic heterocycles. The van der Waals surface area contributed by atoms with Gasteiger partial charge in [0.15, 0.2) is 0 Å². The molecule has 4 rings (SSSR count). The summed E-state index contributed by atoms with van der Waals surface area (Å²) < 4.78 is 0. The molecule has 1 atom stereocenters. The highest BCUT2D eigenvalue weighted by molar-refractivity contribution is 5.63. The minimum atomic E-state index is 0.746. The minimum Gasteiger partial charge on any atom is -0.314 e. The van der Waals surface area contributed by atoms with Crippen LogP contribution < -0.4 is 5.32 Å². The molecule has 1 N–H and O–H groups in total. The van der Waals surface area contributed by atoms with Gasteiger partial charge in [0, 0.05) is 64.2 Å². The van der Waals surface area contributed by atoms with E-state index in [1.807, 2.05) is 12.4 Å². The van der Waals surface area contributed by atoms with Gasteiger partial charge in [0.05, 0.1) is 0 Å². The second-order valence-corrected chi connectivity index (χ2v) is 6.90. The van der Waals surface area contributed by atoms with Gasteiger partial charge < -0.3 is 5.32 Å². The van der Waals surface area contributed by atoms with Crippen molar-refractivity contribution < 1.29 is 0 Å². The fourth-order valence-electron chi connectivity index (χ4n) is 3.95. The molecule has 2 aliphatic rings. The predicted molar refractivity (Wildman–Crippen MR) is 97.8 cm³/mol. The van der Waals surface area contributed by atoms with E-state index in [-0.39, 0.29) is 0 Å². The lowest BCUT2D eigenvalue weighted by Crippen LogP contribution is -2.49. The summed E-state index contributed by atoms with van der Waals surface area (Å²) >= 11 is 0. The van der Waals surface area contributed by atoms with E-state index in [1.54, 1.807) is 0 Å². The first-order valence-corrected chi connectivity index (χ1v) is 9.05. The van der Waals surface area contributed by atoms with Gasteiger partial charge >= 0.3 is 0 Å². The molecule has 1 unspecified atom stereocenters.